The van der Waals surface area contributed by atoms with Gasteiger partial charge in [-0.3, -0.25) is 4.90 Å². The Hall–Kier alpha value is 0.230. The molecule has 1 aliphatic carbocycles. The molecule has 2 unspecified atom stereocenters. The molecule has 0 aromatic carbocycles. The summed E-state index contributed by atoms with van der Waals surface area (Å²) in [6, 6.07) is 0.776. The van der Waals surface area contributed by atoms with Crippen LogP contribution in [0.15, 0.2) is 0 Å². The molecule has 16 heavy (non-hydrogen) atoms. The molecule has 0 bridgehead atoms. The van der Waals surface area contributed by atoms with E-state index in [9.17, 15) is 0 Å². The van der Waals surface area contributed by atoms with E-state index in [4.69, 9.17) is 4.74 Å². The van der Waals surface area contributed by atoms with Crippen LogP contribution in [0.4, 0.5) is 0 Å². The topological polar surface area (TPSA) is 24.5 Å². The quantitative estimate of drug-likeness (QED) is 0.785. The Kier molecular flexibility index (Phi) is 5.42. The maximum absolute atomic E-state index is 5.34. The van der Waals surface area contributed by atoms with Crippen LogP contribution in [0.5, 0.6) is 0 Å². The fourth-order valence-electron chi connectivity index (χ4n) is 2.59. The van der Waals surface area contributed by atoms with E-state index in [2.05, 4.69) is 16.5 Å². The Morgan fingerprint density at radius 1 is 1.31 bits per heavy atom. The molecule has 0 radical (unpaired) electrons. The fraction of sp³-hybridized carbons (Fsp3) is 1.00. The molecule has 3 nitrogen and oxygen atoms in total. The van der Waals surface area contributed by atoms with Crippen LogP contribution < -0.4 is 5.32 Å². The number of nitrogens with one attached hydrogen (secondary N) is 1. The van der Waals surface area contributed by atoms with Gasteiger partial charge in [0.25, 0.3) is 0 Å². The van der Waals surface area contributed by atoms with Crippen LogP contribution in [0.2, 0.25) is 0 Å². The van der Waals surface area contributed by atoms with Crippen LogP contribution in [0.3, 0.4) is 0 Å². The molecule has 0 amide bonds. The third-order valence-electron chi connectivity index (χ3n) is 3.68. The van der Waals surface area contributed by atoms with Crippen LogP contribution in [0.25, 0.3) is 0 Å². The Labute approximate surface area is 103 Å². The average Bonchev–Trinajstić information content (AvgIpc) is 2.78. The molecule has 1 saturated carbocycles. The number of rotatable bonds is 5. The molecule has 0 spiro atoms. The summed E-state index contributed by atoms with van der Waals surface area (Å²) in [7, 11) is 0. The number of nitrogens with zero attached hydrogens (tertiary/aromatic N) is 1. The van der Waals surface area contributed by atoms with Crippen molar-refractivity contribution in [1.82, 2.24) is 10.2 Å². The van der Waals surface area contributed by atoms with E-state index in [0.29, 0.717) is 0 Å². The molecule has 1 heterocycles. The zero-order chi connectivity index (χ0) is 11.2. The third-order valence-corrected chi connectivity index (χ3v) is 4.78. The SMILES string of the molecule is CSC1CCC(NCCN2CCOCC2)C1. The summed E-state index contributed by atoms with van der Waals surface area (Å²) in [5.41, 5.74) is 0. The van der Waals surface area contributed by atoms with Crippen molar-refractivity contribution in [2.24, 2.45) is 0 Å². The second kappa shape index (κ2) is 6.84. The second-order valence-corrected chi connectivity index (χ2v) is 5.91. The lowest BCUT2D eigenvalue weighted by Gasteiger charge is -2.27. The zero-order valence-corrected chi connectivity index (χ0v) is 11.1. The van der Waals surface area contributed by atoms with Gasteiger partial charge in [0, 0.05) is 37.5 Å². The molecule has 1 saturated heterocycles. The minimum atomic E-state index is 0.776. The van der Waals surface area contributed by atoms with Crippen molar-refractivity contribution in [1.29, 1.82) is 0 Å². The molecule has 1 N–H and O–H groups in total. The zero-order valence-electron chi connectivity index (χ0n) is 10.3. The molecule has 2 fully saturated rings. The Balaban J connectivity index is 1.54. The molecule has 0 aromatic rings. The maximum Gasteiger partial charge on any atom is 0.0594 e. The maximum atomic E-state index is 5.34. The molecular formula is C12H24N2OS. The summed E-state index contributed by atoms with van der Waals surface area (Å²) < 4.78 is 5.34. The number of hydrogen-bond acceptors (Lipinski definition) is 4. The van der Waals surface area contributed by atoms with Crippen molar-refractivity contribution in [3.8, 4) is 0 Å². The van der Waals surface area contributed by atoms with Crippen molar-refractivity contribution < 1.29 is 4.74 Å². The van der Waals surface area contributed by atoms with Crippen LogP contribution >= 0.6 is 11.8 Å². The van der Waals surface area contributed by atoms with Gasteiger partial charge in [-0.05, 0) is 25.5 Å². The highest BCUT2D eigenvalue weighted by atomic mass is 32.2. The number of thioether (sulfide) groups is 1. The molecule has 1 aliphatic heterocycles. The van der Waals surface area contributed by atoms with Gasteiger partial charge < -0.3 is 10.1 Å². The van der Waals surface area contributed by atoms with Crippen molar-refractivity contribution in [2.75, 3.05) is 45.6 Å². The Morgan fingerprint density at radius 3 is 2.81 bits per heavy atom. The average molecular weight is 244 g/mol. The van der Waals surface area contributed by atoms with Crippen molar-refractivity contribution in [3.05, 3.63) is 0 Å². The van der Waals surface area contributed by atoms with Crippen molar-refractivity contribution in [2.45, 2.75) is 30.6 Å². The highest BCUT2D eigenvalue weighted by Crippen LogP contribution is 2.27. The Bertz CT molecular complexity index is 197. The number of morpholine rings is 1. The summed E-state index contributed by atoms with van der Waals surface area (Å²) in [5.74, 6) is 0. The molecule has 2 atom stereocenters. The third kappa shape index (κ3) is 3.91. The number of ether oxygens (including phenoxy) is 1. The fourth-order valence-corrected chi connectivity index (χ4v) is 3.39. The first-order chi connectivity index (χ1) is 7.88. The van der Waals surface area contributed by atoms with E-state index >= 15 is 0 Å². The molecule has 94 valence electrons. The van der Waals surface area contributed by atoms with Gasteiger partial charge in [0.05, 0.1) is 13.2 Å². The summed E-state index contributed by atoms with van der Waals surface area (Å²) >= 11 is 2.03. The van der Waals surface area contributed by atoms with Gasteiger partial charge in [0.15, 0.2) is 0 Å². The smallest absolute Gasteiger partial charge is 0.0594 e. The summed E-state index contributed by atoms with van der Waals surface area (Å²) in [4.78, 5) is 2.50. The largest absolute Gasteiger partial charge is 0.379 e. The molecular weight excluding hydrogens is 220 g/mol. The normalized spacial score (nSPS) is 32.1. The van der Waals surface area contributed by atoms with Gasteiger partial charge in [-0.15, -0.1) is 0 Å². The first-order valence-electron chi connectivity index (χ1n) is 6.45. The van der Waals surface area contributed by atoms with Gasteiger partial charge in [-0.25, -0.2) is 0 Å². The number of hydrogen-bond donors (Lipinski definition) is 1. The lowest BCUT2D eigenvalue weighted by Crippen LogP contribution is -2.41. The standard InChI is InChI=1S/C12H24N2OS/c1-16-12-3-2-11(10-12)13-4-5-14-6-8-15-9-7-14/h11-13H,2-10H2,1H3. The van der Waals surface area contributed by atoms with Gasteiger partial charge in [-0.1, -0.05) is 0 Å². The summed E-state index contributed by atoms with van der Waals surface area (Å²) in [5, 5.41) is 4.60. The van der Waals surface area contributed by atoms with Crippen LogP contribution in [0, 0.1) is 0 Å². The van der Waals surface area contributed by atoms with E-state index in [0.717, 1.165) is 44.1 Å². The van der Waals surface area contributed by atoms with Gasteiger partial charge in [0.2, 0.25) is 0 Å². The minimum Gasteiger partial charge on any atom is -0.379 e. The van der Waals surface area contributed by atoms with Crippen LogP contribution in [0.1, 0.15) is 19.3 Å². The van der Waals surface area contributed by atoms with E-state index in [-0.39, 0.29) is 0 Å². The molecule has 2 rings (SSSR count). The van der Waals surface area contributed by atoms with E-state index < -0.39 is 0 Å². The first kappa shape index (κ1) is 12.7. The van der Waals surface area contributed by atoms with Gasteiger partial charge in [-0.2, -0.15) is 11.8 Å². The summed E-state index contributed by atoms with van der Waals surface area (Å²) in [6.45, 7) is 6.38. The van der Waals surface area contributed by atoms with E-state index in [1.54, 1.807) is 0 Å². The predicted molar refractivity (Wildman–Crippen MR) is 70.2 cm³/mol. The lowest BCUT2D eigenvalue weighted by molar-refractivity contribution is 0.0381. The van der Waals surface area contributed by atoms with E-state index in [1.807, 2.05) is 11.8 Å². The van der Waals surface area contributed by atoms with Crippen LogP contribution in [-0.4, -0.2) is 61.8 Å². The molecule has 2 aliphatic rings. The lowest BCUT2D eigenvalue weighted by atomic mass is 10.2. The highest BCUT2D eigenvalue weighted by molar-refractivity contribution is 7.99. The predicted octanol–water partition coefficient (Wildman–Crippen LogP) is 1.19. The molecule has 0 aromatic heterocycles. The monoisotopic (exact) mass is 244 g/mol. The second-order valence-electron chi connectivity index (χ2n) is 4.78. The van der Waals surface area contributed by atoms with Crippen molar-refractivity contribution in [3.63, 3.8) is 0 Å². The van der Waals surface area contributed by atoms with Crippen molar-refractivity contribution >= 4 is 11.8 Å². The van der Waals surface area contributed by atoms with Gasteiger partial charge >= 0.3 is 0 Å². The highest BCUT2D eigenvalue weighted by Gasteiger charge is 2.23. The van der Waals surface area contributed by atoms with E-state index in [1.165, 1.54) is 25.8 Å². The van der Waals surface area contributed by atoms with Crippen LogP contribution in [-0.2, 0) is 4.74 Å². The first-order valence-corrected chi connectivity index (χ1v) is 7.73. The Morgan fingerprint density at radius 2 is 2.12 bits per heavy atom. The molecule has 4 heteroatoms. The summed E-state index contributed by atoms with van der Waals surface area (Å²) in [6.07, 6.45) is 6.37. The van der Waals surface area contributed by atoms with Gasteiger partial charge in [0.1, 0.15) is 0 Å². The minimum absolute atomic E-state index is 0.776.